The third-order valence-electron chi connectivity index (χ3n) is 1.24. The highest BCUT2D eigenvalue weighted by molar-refractivity contribution is 6.31. The van der Waals surface area contributed by atoms with Gasteiger partial charge in [-0.2, -0.15) is 0 Å². The van der Waals surface area contributed by atoms with Gasteiger partial charge in [0.2, 0.25) is 5.91 Å². The number of nitrogens with two attached hydrogens (primary N) is 1. The molecule has 64 valence electrons. The molecule has 0 fully saturated rings. The first kappa shape index (κ1) is 8.80. The van der Waals surface area contributed by atoms with E-state index in [0.717, 1.165) is 0 Å². The van der Waals surface area contributed by atoms with Crippen LogP contribution in [0.3, 0.4) is 0 Å². The lowest BCUT2D eigenvalue weighted by Gasteiger charge is -1.99. The number of pyridine rings is 1. The molecule has 0 saturated carbocycles. The second-order valence-corrected chi connectivity index (χ2v) is 2.67. The van der Waals surface area contributed by atoms with Crippen LogP contribution in [0.25, 0.3) is 0 Å². The summed E-state index contributed by atoms with van der Waals surface area (Å²) in [4.78, 5) is 14.2. The van der Waals surface area contributed by atoms with Crippen molar-refractivity contribution in [3.8, 4) is 5.75 Å². The van der Waals surface area contributed by atoms with Crippen molar-refractivity contribution in [1.29, 1.82) is 0 Å². The molecule has 1 rings (SSSR count). The van der Waals surface area contributed by atoms with Crippen LogP contribution in [0.15, 0.2) is 12.3 Å². The first-order chi connectivity index (χ1) is 5.59. The summed E-state index contributed by atoms with van der Waals surface area (Å²) in [5, 5.41) is 9.15. The summed E-state index contributed by atoms with van der Waals surface area (Å²) in [6.45, 7) is 0. The third-order valence-corrected chi connectivity index (χ3v) is 1.57. The monoisotopic (exact) mass is 186 g/mol. The minimum Gasteiger partial charge on any atom is -0.506 e. The zero-order chi connectivity index (χ0) is 9.14. The van der Waals surface area contributed by atoms with Gasteiger partial charge in [0.1, 0.15) is 5.75 Å². The molecule has 0 aliphatic rings. The van der Waals surface area contributed by atoms with E-state index < -0.39 is 5.91 Å². The first-order valence-corrected chi connectivity index (χ1v) is 3.59. The van der Waals surface area contributed by atoms with Crippen LogP contribution in [0.5, 0.6) is 5.75 Å². The number of carbonyl (C=O) groups excluding carboxylic acids is 1. The number of aromatic nitrogens is 1. The minimum absolute atomic E-state index is 0.0148. The van der Waals surface area contributed by atoms with E-state index in [1.54, 1.807) is 0 Å². The van der Waals surface area contributed by atoms with Crippen molar-refractivity contribution >= 4 is 17.5 Å². The average molecular weight is 187 g/mol. The third kappa shape index (κ3) is 2.10. The fraction of sp³-hybridized carbons (Fsp3) is 0.143. The van der Waals surface area contributed by atoms with Gasteiger partial charge in [-0.15, -0.1) is 0 Å². The maximum absolute atomic E-state index is 10.5. The summed E-state index contributed by atoms with van der Waals surface area (Å²) in [7, 11) is 0. The Labute approximate surface area is 74.0 Å². The molecule has 0 radical (unpaired) electrons. The summed E-state index contributed by atoms with van der Waals surface area (Å²) in [5.74, 6) is -0.539. The van der Waals surface area contributed by atoms with Crippen molar-refractivity contribution in [3.63, 3.8) is 0 Å². The zero-order valence-electron chi connectivity index (χ0n) is 6.12. The van der Waals surface area contributed by atoms with Crippen molar-refractivity contribution in [2.24, 2.45) is 5.73 Å². The van der Waals surface area contributed by atoms with Gasteiger partial charge in [0, 0.05) is 6.07 Å². The number of aromatic hydroxyl groups is 1. The second kappa shape index (κ2) is 3.40. The standard InChI is InChI=1S/C7H7ClN2O2/c8-5-1-4(11)3-10-6(5)2-7(9)12/h1,3,11H,2H2,(H2,9,12). The van der Waals surface area contributed by atoms with Crippen molar-refractivity contribution in [2.45, 2.75) is 6.42 Å². The molecule has 1 aromatic rings. The van der Waals surface area contributed by atoms with Crippen LogP contribution in [0, 0.1) is 0 Å². The summed E-state index contributed by atoms with van der Waals surface area (Å²) in [6, 6.07) is 1.31. The van der Waals surface area contributed by atoms with E-state index in [2.05, 4.69) is 4.98 Å². The molecule has 0 aromatic carbocycles. The van der Waals surface area contributed by atoms with E-state index in [4.69, 9.17) is 22.4 Å². The Bertz CT molecular complexity index is 314. The molecule has 4 nitrogen and oxygen atoms in total. The number of rotatable bonds is 2. The predicted octanol–water partition coefficient (Wildman–Crippen LogP) is 0.468. The molecule has 1 heterocycles. The van der Waals surface area contributed by atoms with E-state index >= 15 is 0 Å². The van der Waals surface area contributed by atoms with Crippen LogP contribution < -0.4 is 5.73 Å². The highest BCUT2D eigenvalue weighted by Crippen LogP contribution is 2.18. The van der Waals surface area contributed by atoms with Crippen LogP contribution >= 0.6 is 11.6 Å². The van der Waals surface area contributed by atoms with Gasteiger partial charge in [0.25, 0.3) is 0 Å². The molecule has 0 unspecified atom stereocenters. The number of amides is 1. The Hall–Kier alpha value is -1.29. The van der Waals surface area contributed by atoms with Gasteiger partial charge in [-0.1, -0.05) is 11.6 Å². The molecule has 0 saturated heterocycles. The molecular weight excluding hydrogens is 180 g/mol. The number of nitrogens with zero attached hydrogens (tertiary/aromatic N) is 1. The first-order valence-electron chi connectivity index (χ1n) is 3.21. The number of primary amides is 1. The van der Waals surface area contributed by atoms with E-state index in [1.165, 1.54) is 12.3 Å². The lowest BCUT2D eigenvalue weighted by atomic mass is 10.2. The smallest absolute Gasteiger partial charge is 0.223 e. The van der Waals surface area contributed by atoms with Gasteiger partial charge >= 0.3 is 0 Å². The molecule has 3 N–H and O–H groups in total. The maximum Gasteiger partial charge on any atom is 0.223 e. The van der Waals surface area contributed by atoms with Gasteiger partial charge < -0.3 is 10.8 Å². The van der Waals surface area contributed by atoms with E-state index in [0.29, 0.717) is 5.69 Å². The van der Waals surface area contributed by atoms with Crippen LogP contribution in [0.4, 0.5) is 0 Å². The maximum atomic E-state index is 10.5. The van der Waals surface area contributed by atoms with Crippen molar-refractivity contribution in [1.82, 2.24) is 4.98 Å². The Morgan fingerprint density at radius 2 is 2.42 bits per heavy atom. The van der Waals surface area contributed by atoms with Gasteiger partial charge in [-0.3, -0.25) is 9.78 Å². The minimum atomic E-state index is -0.505. The molecular formula is C7H7ClN2O2. The number of carbonyl (C=O) groups is 1. The summed E-state index contributed by atoms with van der Waals surface area (Å²) >= 11 is 5.64. The topological polar surface area (TPSA) is 76.2 Å². The molecule has 0 spiro atoms. The molecule has 0 aliphatic heterocycles. The summed E-state index contributed by atoms with van der Waals surface area (Å²) in [5.41, 5.74) is 5.31. The molecule has 0 atom stereocenters. The van der Waals surface area contributed by atoms with E-state index in [-0.39, 0.29) is 17.2 Å². The van der Waals surface area contributed by atoms with Gasteiger partial charge in [-0.05, 0) is 0 Å². The van der Waals surface area contributed by atoms with Crippen LogP contribution in [0.1, 0.15) is 5.69 Å². The molecule has 0 bridgehead atoms. The Morgan fingerprint density at radius 1 is 1.75 bits per heavy atom. The molecule has 0 aliphatic carbocycles. The van der Waals surface area contributed by atoms with Crippen LogP contribution in [-0.4, -0.2) is 16.0 Å². The van der Waals surface area contributed by atoms with Crippen molar-refractivity contribution in [2.75, 3.05) is 0 Å². The van der Waals surface area contributed by atoms with Crippen LogP contribution in [0.2, 0.25) is 5.02 Å². The average Bonchev–Trinajstić information content (AvgIpc) is 1.94. The SMILES string of the molecule is NC(=O)Cc1ncc(O)cc1Cl. The normalized spacial score (nSPS) is 9.75. The summed E-state index contributed by atoms with van der Waals surface area (Å²) < 4.78 is 0. The lowest BCUT2D eigenvalue weighted by molar-refractivity contribution is -0.117. The molecule has 12 heavy (non-hydrogen) atoms. The fourth-order valence-electron chi connectivity index (χ4n) is 0.751. The largest absolute Gasteiger partial charge is 0.506 e. The predicted molar refractivity (Wildman–Crippen MR) is 43.8 cm³/mol. The second-order valence-electron chi connectivity index (χ2n) is 2.27. The Morgan fingerprint density at radius 3 is 2.92 bits per heavy atom. The summed E-state index contributed by atoms with van der Waals surface area (Å²) in [6.07, 6.45) is 1.20. The molecule has 5 heteroatoms. The number of hydrogen-bond donors (Lipinski definition) is 2. The number of hydrogen-bond acceptors (Lipinski definition) is 3. The fourth-order valence-corrected chi connectivity index (χ4v) is 0.979. The number of halogens is 1. The van der Waals surface area contributed by atoms with Crippen molar-refractivity contribution < 1.29 is 9.90 Å². The molecule has 1 amide bonds. The van der Waals surface area contributed by atoms with Gasteiger partial charge in [-0.25, -0.2) is 0 Å². The Balaban J connectivity index is 2.93. The van der Waals surface area contributed by atoms with Gasteiger partial charge in [0.15, 0.2) is 0 Å². The highest BCUT2D eigenvalue weighted by Gasteiger charge is 2.05. The van der Waals surface area contributed by atoms with E-state index in [9.17, 15) is 4.79 Å². The van der Waals surface area contributed by atoms with Gasteiger partial charge in [0.05, 0.1) is 23.3 Å². The highest BCUT2D eigenvalue weighted by atomic mass is 35.5. The van der Waals surface area contributed by atoms with E-state index in [1.807, 2.05) is 0 Å². The quantitative estimate of drug-likeness (QED) is 0.705. The lowest BCUT2D eigenvalue weighted by Crippen LogP contribution is -2.14. The van der Waals surface area contributed by atoms with Crippen molar-refractivity contribution in [3.05, 3.63) is 23.0 Å². The van der Waals surface area contributed by atoms with Crippen LogP contribution in [-0.2, 0) is 11.2 Å². The molecule has 1 aromatic heterocycles. The Kier molecular flexibility index (Phi) is 2.50. The zero-order valence-corrected chi connectivity index (χ0v) is 6.88.